The van der Waals surface area contributed by atoms with Crippen molar-refractivity contribution in [2.45, 2.75) is 26.1 Å². The van der Waals surface area contributed by atoms with E-state index in [1.165, 1.54) is 25.6 Å². The Kier molecular flexibility index (Phi) is 7.65. The average Bonchev–Trinajstić information content (AvgIpc) is 2.72. The van der Waals surface area contributed by atoms with E-state index in [-0.39, 0.29) is 5.75 Å². The number of aryl methyl sites for hydroxylation is 1. The van der Waals surface area contributed by atoms with E-state index in [2.05, 4.69) is 25.9 Å². The molecule has 1 aromatic heterocycles. The van der Waals surface area contributed by atoms with Gasteiger partial charge < -0.3 is 20.1 Å². The van der Waals surface area contributed by atoms with Gasteiger partial charge in [-0.2, -0.15) is 13.2 Å². The summed E-state index contributed by atoms with van der Waals surface area (Å²) in [6.45, 7) is 1.68. The summed E-state index contributed by atoms with van der Waals surface area (Å²) in [7, 11) is -2.50. The Balaban J connectivity index is 1.91. The van der Waals surface area contributed by atoms with Crippen LogP contribution < -0.4 is 20.1 Å². The molecule has 2 aromatic carbocycles. The van der Waals surface area contributed by atoms with Crippen LogP contribution in [0.5, 0.6) is 5.75 Å². The van der Waals surface area contributed by atoms with Crippen molar-refractivity contribution in [2.24, 2.45) is 0 Å². The Hall–Kier alpha value is -3.25. The van der Waals surface area contributed by atoms with Gasteiger partial charge in [0.15, 0.2) is 6.10 Å². The van der Waals surface area contributed by atoms with Gasteiger partial charge in [0.25, 0.3) is 5.91 Å². The van der Waals surface area contributed by atoms with Gasteiger partial charge in [0.05, 0.1) is 11.2 Å². The van der Waals surface area contributed by atoms with Crippen molar-refractivity contribution in [1.82, 2.24) is 15.3 Å². The number of hydrogen-bond donors (Lipinski definition) is 3. The van der Waals surface area contributed by atoms with E-state index >= 15 is 0 Å². The van der Waals surface area contributed by atoms with Crippen LogP contribution in [0.4, 0.5) is 30.4 Å². The number of hydrogen-bond acceptors (Lipinski definition) is 6. The fourth-order valence-electron chi connectivity index (χ4n) is 3.19. The number of amides is 1. The molecule has 0 radical (unpaired) electrons. The predicted octanol–water partition coefficient (Wildman–Crippen LogP) is 4.45. The van der Waals surface area contributed by atoms with Crippen molar-refractivity contribution in [2.75, 3.05) is 22.8 Å². The monoisotopic (exact) mass is 529 g/mol. The first kappa shape index (κ1) is 26.4. The van der Waals surface area contributed by atoms with Gasteiger partial charge in [-0.3, -0.25) is 4.79 Å². The number of alkyl halides is 3. The number of ether oxygens (including phenoxy) is 1. The topological polar surface area (TPSA) is 105 Å². The summed E-state index contributed by atoms with van der Waals surface area (Å²) in [6.07, 6.45) is -2.96. The maximum atomic E-state index is 12.4. The Morgan fingerprint density at radius 1 is 1.26 bits per heavy atom. The van der Waals surface area contributed by atoms with Crippen molar-refractivity contribution >= 4 is 61.2 Å². The summed E-state index contributed by atoms with van der Waals surface area (Å²) in [6, 6.07) is 8.08. The normalized spacial score (nSPS) is 14.1. The number of nitrogens with zero attached hydrogens (tertiary/aromatic N) is 2. The maximum Gasteiger partial charge on any atom is 0.405 e. The molecule has 0 fully saturated rings. The molecule has 0 saturated heterocycles. The Morgan fingerprint density at radius 3 is 2.63 bits per heavy atom. The highest BCUT2D eigenvalue weighted by atomic mass is 35.5. The van der Waals surface area contributed by atoms with Gasteiger partial charge >= 0.3 is 6.18 Å². The van der Waals surface area contributed by atoms with Crippen LogP contribution in [0.25, 0.3) is 10.9 Å². The quantitative estimate of drug-likeness (QED) is 0.372. The zero-order chi connectivity index (χ0) is 26.0. The van der Waals surface area contributed by atoms with Gasteiger partial charge in [-0.15, -0.1) is 0 Å². The fourth-order valence-corrected chi connectivity index (χ4v) is 3.97. The lowest BCUT2D eigenvalue weighted by Crippen LogP contribution is -2.41. The second kappa shape index (κ2) is 10.2. The summed E-state index contributed by atoms with van der Waals surface area (Å²) in [4.78, 5) is 20.6. The third-order valence-electron chi connectivity index (χ3n) is 4.60. The van der Waals surface area contributed by atoms with E-state index < -0.39 is 34.4 Å². The summed E-state index contributed by atoms with van der Waals surface area (Å²) >= 11 is 6.08. The number of anilines is 3. The molecule has 2 atom stereocenters. The van der Waals surface area contributed by atoms with Gasteiger partial charge in [-0.05, 0) is 49.5 Å². The van der Waals surface area contributed by atoms with Crippen LogP contribution >= 0.6 is 11.6 Å². The number of benzene rings is 2. The van der Waals surface area contributed by atoms with E-state index in [0.717, 1.165) is 5.56 Å². The number of halogens is 4. The third-order valence-corrected chi connectivity index (χ3v) is 5.50. The Bertz CT molecular complexity index is 1370. The number of fused-ring (bicyclic) bond motifs is 1. The summed E-state index contributed by atoms with van der Waals surface area (Å²) in [5.41, 5.74) is 2.29. The van der Waals surface area contributed by atoms with Crippen molar-refractivity contribution in [1.29, 1.82) is 0 Å². The fraction of sp³-hybridized carbons (Fsp3) is 0.273. The molecule has 1 heterocycles. The maximum absolute atomic E-state index is 12.4. The zero-order valence-electron chi connectivity index (χ0n) is 19.0. The molecule has 0 aliphatic carbocycles. The van der Waals surface area contributed by atoms with Crippen molar-refractivity contribution in [3.63, 3.8) is 0 Å². The van der Waals surface area contributed by atoms with Crippen molar-refractivity contribution in [3.05, 3.63) is 47.2 Å². The van der Waals surface area contributed by atoms with E-state index in [0.29, 0.717) is 33.1 Å². The number of carbonyl (C=O) groups excluding carboxylic acids is 1. The highest BCUT2D eigenvalue weighted by Crippen LogP contribution is 2.34. The van der Waals surface area contributed by atoms with Crippen LogP contribution in [0.3, 0.4) is 0 Å². The average molecular weight is 530 g/mol. The minimum Gasteiger partial charge on any atom is -0.479 e. The molecule has 13 heteroatoms. The van der Waals surface area contributed by atoms with Crippen molar-refractivity contribution < 1.29 is 26.9 Å². The van der Waals surface area contributed by atoms with E-state index in [1.807, 2.05) is 6.92 Å². The lowest BCUT2D eigenvalue weighted by atomic mass is 10.1. The van der Waals surface area contributed by atoms with Crippen LogP contribution in [-0.2, 0) is 14.5 Å². The SMILES string of the molecule is C=S(C)(=O)Nc1cc(C)c2c(Nc3ccc(Cl)cc3O[C@H](C)C(=O)NCC(F)(F)F)ncnc2c1. The van der Waals surface area contributed by atoms with Gasteiger partial charge in [-0.25, -0.2) is 14.2 Å². The predicted molar refractivity (Wildman–Crippen MR) is 133 cm³/mol. The first-order chi connectivity index (χ1) is 16.2. The van der Waals surface area contributed by atoms with Gasteiger partial charge in [0.2, 0.25) is 0 Å². The number of rotatable bonds is 8. The summed E-state index contributed by atoms with van der Waals surface area (Å²) in [5, 5.41) is 5.87. The Morgan fingerprint density at radius 2 is 1.97 bits per heavy atom. The molecule has 188 valence electrons. The first-order valence-electron chi connectivity index (χ1n) is 10.1. The molecule has 35 heavy (non-hydrogen) atoms. The van der Waals surface area contributed by atoms with Gasteiger partial charge in [-0.1, -0.05) is 11.6 Å². The molecular weight excluding hydrogens is 507 g/mol. The summed E-state index contributed by atoms with van der Waals surface area (Å²) < 4.78 is 57.7. The van der Waals surface area contributed by atoms with Gasteiger partial charge in [0.1, 0.15) is 24.4 Å². The Labute approximate surface area is 205 Å². The summed E-state index contributed by atoms with van der Waals surface area (Å²) in [5.74, 6) is 3.20. The number of carbonyl (C=O) groups is 1. The standard InChI is InChI=1S/C22H23ClF3N5O3S/c1-12-7-15(31-35(3,4)33)9-17-19(12)20(29-11-28-17)30-16-6-5-14(23)8-18(16)34-13(2)21(32)27-10-22(24,25)26/h5-9,11,13H,3,10H2,1-2,4H3,(H,27,32)(H,31,33)(H,28,29,30)/t13-,35?/m1/s1. The van der Waals surface area contributed by atoms with Crippen LogP contribution in [0, 0.1) is 6.92 Å². The van der Waals surface area contributed by atoms with Gasteiger partial charge in [0, 0.05) is 38.1 Å². The second-order valence-electron chi connectivity index (χ2n) is 7.88. The lowest BCUT2D eigenvalue weighted by Gasteiger charge is -2.19. The largest absolute Gasteiger partial charge is 0.479 e. The first-order valence-corrected chi connectivity index (χ1v) is 12.7. The molecule has 3 rings (SSSR count). The molecule has 3 N–H and O–H groups in total. The minimum absolute atomic E-state index is 0.137. The third kappa shape index (κ3) is 7.36. The molecule has 1 unspecified atom stereocenters. The molecule has 1 amide bonds. The highest BCUT2D eigenvalue weighted by molar-refractivity contribution is 8.00. The molecule has 3 aromatic rings. The molecule has 0 aliphatic heterocycles. The van der Waals surface area contributed by atoms with Crippen LogP contribution in [0.1, 0.15) is 12.5 Å². The van der Waals surface area contributed by atoms with E-state index in [1.54, 1.807) is 29.6 Å². The molecule has 0 spiro atoms. The van der Waals surface area contributed by atoms with E-state index in [9.17, 15) is 22.2 Å². The van der Waals surface area contributed by atoms with Crippen LogP contribution in [0.2, 0.25) is 5.02 Å². The van der Waals surface area contributed by atoms with Crippen molar-refractivity contribution in [3.8, 4) is 5.75 Å². The molecule has 0 saturated carbocycles. The highest BCUT2D eigenvalue weighted by Gasteiger charge is 2.29. The minimum atomic E-state index is -4.54. The molecular formula is C22H23ClF3N5O3S. The van der Waals surface area contributed by atoms with E-state index in [4.69, 9.17) is 16.3 Å². The smallest absolute Gasteiger partial charge is 0.405 e. The molecule has 0 aliphatic rings. The molecule has 0 bridgehead atoms. The number of aromatic nitrogens is 2. The zero-order valence-corrected chi connectivity index (χ0v) is 20.6. The second-order valence-corrected chi connectivity index (χ2v) is 10.5. The van der Waals surface area contributed by atoms with Crippen LogP contribution in [-0.4, -0.2) is 51.0 Å². The lowest BCUT2D eigenvalue weighted by molar-refractivity contribution is -0.142. The number of nitrogens with one attached hydrogen (secondary N) is 3. The molecule has 8 nitrogen and oxygen atoms in total. The van der Waals surface area contributed by atoms with Crippen LogP contribution in [0.15, 0.2) is 36.7 Å².